The van der Waals surface area contributed by atoms with Crippen molar-refractivity contribution in [3.63, 3.8) is 0 Å². The number of methoxy groups -OCH3 is 1. The molecule has 9 heteroatoms. The number of nitrogens with zero attached hydrogens (tertiary/aromatic N) is 4. The van der Waals surface area contributed by atoms with E-state index in [0.29, 0.717) is 42.9 Å². The number of amides is 2. The normalized spacial score (nSPS) is 16.0. The minimum atomic E-state index is -0.293. The number of benzene rings is 1. The first kappa shape index (κ1) is 26.2. The van der Waals surface area contributed by atoms with E-state index in [9.17, 15) is 9.59 Å². The van der Waals surface area contributed by atoms with Gasteiger partial charge in [0.15, 0.2) is 0 Å². The average molecular weight is 491 g/mol. The van der Waals surface area contributed by atoms with E-state index in [1.165, 1.54) is 0 Å². The molecule has 0 saturated carbocycles. The lowest BCUT2D eigenvalue weighted by Gasteiger charge is -2.35. The van der Waals surface area contributed by atoms with Crippen LogP contribution in [0.1, 0.15) is 70.2 Å². The summed E-state index contributed by atoms with van der Waals surface area (Å²) < 4.78 is 10.7. The van der Waals surface area contributed by atoms with Crippen LogP contribution in [0.3, 0.4) is 0 Å². The summed E-state index contributed by atoms with van der Waals surface area (Å²) in [6, 6.07) is 6.92. The summed E-state index contributed by atoms with van der Waals surface area (Å²) in [5.41, 5.74) is 0.799. The van der Waals surface area contributed by atoms with Crippen LogP contribution in [0.15, 0.2) is 28.8 Å². The van der Waals surface area contributed by atoms with E-state index in [4.69, 9.17) is 20.9 Å². The molecule has 1 aromatic heterocycles. The Bertz CT molecular complexity index is 918. The zero-order valence-electron chi connectivity index (χ0n) is 20.2. The van der Waals surface area contributed by atoms with Crippen molar-refractivity contribution < 1.29 is 18.8 Å². The van der Waals surface area contributed by atoms with Crippen molar-refractivity contribution in [3.05, 3.63) is 35.2 Å². The fourth-order valence-corrected chi connectivity index (χ4v) is 4.31. The third-order valence-electron chi connectivity index (χ3n) is 6.14. The number of hydrogen-bond acceptors (Lipinski definition) is 6. The predicted octanol–water partition coefficient (Wildman–Crippen LogP) is 4.89. The summed E-state index contributed by atoms with van der Waals surface area (Å²) >= 11 is 5.97. The van der Waals surface area contributed by atoms with E-state index < -0.39 is 0 Å². The summed E-state index contributed by atoms with van der Waals surface area (Å²) in [4.78, 5) is 34.1. The highest BCUT2D eigenvalue weighted by Crippen LogP contribution is 2.31. The molecule has 0 spiro atoms. The number of hydrogen-bond donors (Lipinski definition) is 0. The Morgan fingerprint density at radius 3 is 2.74 bits per heavy atom. The van der Waals surface area contributed by atoms with Crippen LogP contribution >= 0.6 is 11.6 Å². The van der Waals surface area contributed by atoms with E-state index in [0.717, 1.165) is 50.5 Å². The van der Waals surface area contributed by atoms with Crippen LogP contribution in [0.5, 0.6) is 0 Å². The van der Waals surface area contributed by atoms with Gasteiger partial charge in [0.05, 0.1) is 13.2 Å². The number of likely N-dealkylation sites (tertiary alicyclic amines) is 1. The quantitative estimate of drug-likeness (QED) is 0.393. The molecule has 0 N–H and O–H groups in total. The van der Waals surface area contributed by atoms with Crippen LogP contribution in [-0.2, 0) is 14.3 Å². The third kappa shape index (κ3) is 7.27. The number of carbonyl (C=O) groups excluding carboxylic acids is 2. The van der Waals surface area contributed by atoms with E-state index >= 15 is 0 Å². The van der Waals surface area contributed by atoms with Gasteiger partial charge in [0.2, 0.25) is 23.5 Å². The molecule has 1 aliphatic rings. The summed E-state index contributed by atoms with van der Waals surface area (Å²) in [7, 11) is 1.60. The molecule has 2 aromatic rings. The second-order valence-corrected chi connectivity index (χ2v) is 9.12. The highest BCUT2D eigenvalue weighted by atomic mass is 35.5. The number of rotatable bonds is 12. The Kier molecular flexibility index (Phi) is 10.3. The molecule has 3 rings (SSSR count). The molecule has 8 nitrogen and oxygen atoms in total. The first-order valence-corrected chi connectivity index (χ1v) is 12.6. The van der Waals surface area contributed by atoms with E-state index in [1.54, 1.807) is 29.0 Å². The molecule has 0 radical (unpaired) electrons. The molecule has 1 aromatic carbocycles. The largest absolute Gasteiger partial charge is 0.383 e. The fourth-order valence-electron chi connectivity index (χ4n) is 4.18. The van der Waals surface area contributed by atoms with Gasteiger partial charge in [-0.05, 0) is 49.9 Å². The number of carbonyl (C=O) groups is 2. The molecule has 1 fully saturated rings. The second kappa shape index (κ2) is 13.4. The van der Waals surface area contributed by atoms with Gasteiger partial charge in [-0.3, -0.25) is 9.59 Å². The van der Waals surface area contributed by atoms with Gasteiger partial charge in [-0.15, -0.1) is 0 Å². The van der Waals surface area contributed by atoms with Crippen LogP contribution in [-0.4, -0.2) is 65.1 Å². The van der Waals surface area contributed by atoms with Crippen LogP contribution in [0.4, 0.5) is 0 Å². The lowest BCUT2D eigenvalue weighted by atomic mass is 10.0. The number of ether oxygens (including phenoxy) is 1. The van der Waals surface area contributed by atoms with Crippen molar-refractivity contribution in [1.82, 2.24) is 19.9 Å². The van der Waals surface area contributed by atoms with Crippen molar-refractivity contribution in [1.29, 1.82) is 0 Å². The Labute approximate surface area is 206 Å². The molecule has 186 valence electrons. The summed E-state index contributed by atoms with van der Waals surface area (Å²) in [6.07, 6.45) is 7.17. The van der Waals surface area contributed by atoms with E-state index in [2.05, 4.69) is 17.1 Å². The smallest absolute Gasteiger partial charge is 0.249 e. The number of unbranched alkanes of at least 4 members (excludes halogenated alkanes) is 3. The minimum Gasteiger partial charge on any atom is -0.383 e. The third-order valence-corrected chi connectivity index (χ3v) is 6.39. The Morgan fingerprint density at radius 2 is 2.00 bits per heavy atom. The zero-order valence-corrected chi connectivity index (χ0v) is 20.9. The molecule has 2 heterocycles. The van der Waals surface area contributed by atoms with Gasteiger partial charge in [0.25, 0.3) is 0 Å². The van der Waals surface area contributed by atoms with Crippen LogP contribution in [0.25, 0.3) is 11.4 Å². The standard InChI is InChI=1S/C25H35ClN4O4/c1-3-4-5-6-10-22(31)29(16-17-33-2)18-23(32)30-15-8-7-9-21(30)25-27-24(28-34-25)19-11-13-20(26)14-12-19/h11-14,21H,3-10,15-18H2,1-2H3. The van der Waals surface area contributed by atoms with Crippen molar-refractivity contribution in [3.8, 4) is 11.4 Å². The van der Waals surface area contributed by atoms with Crippen molar-refractivity contribution >= 4 is 23.4 Å². The predicted molar refractivity (Wildman–Crippen MR) is 130 cm³/mol. The maximum Gasteiger partial charge on any atom is 0.249 e. The van der Waals surface area contributed by atoms with Crippen LogP contribution < -0.4 is 0 Å². The van der Waals surface area contributed by atoms with Crippen LogP contribution in [0.2, 0.25) is 5.02 Å². The Balaban J connectivity index is 1.68. The number of halogens is 1. The Hall–Kier alpha value is -2.45. The topological polar surface area (TPSA) is 88.8 Å². The lowest BCUT2D eigenvalue weighted by molar-refractivity contribution is -0.143. The molecule has 2 amide bonds. The molecule has 1 unspecified atom stereocenters. The first-order valence-electron chi connectivity index (χ1n) is 12.2. The molecule has 0 aliphatic carbocycles. The number of aromatic nitrogens is 2. The molecule has 1 saturated heterocycles. The number of piperidine rings is 1. The second-order valence-electron chi connectivity index (χ2n) is 8.68. The fraction of sp³-hybridized carbons (Fsp3) is 0.600. The molecular formula is C25H35ClN4O4. The van der Waals surface area contributed by atoms with Gasteiger partial charge in [0, 0.05) is 37.2 Å². The highest BCUT2D eigenvalue weighted by Gasteiger charge is 2.33. The van der Waals surface area contributed by atoms with Gasteiger partial charge in [-0.2, -0.15) is 4.98 Å². The van der Waals surface area contributed by atoms with Gasteiger partial charge in [0.1, 0.15) is 6.04 Å². The SMILES string of the molecule is CCCCCCC(=O)N(CCOC)CC(=O)N1CCCCC1c1nc(-c2ccc(Cl)cc2)no1. The van der Waals surface area contributed by atoms with Gasteiger partial charge >= 0.3 is 0 Å². The van der Waals surface area contributed by atoms with E-state index in [1.807, 2.05) is 12.1 Å². The molecule has 34 heavy (non-hydrogen) atoms. The molecular weight excluding hydrogens is 456 g/mol. The summed E-state index contributed by atoms with van der Waals surface area (Å²) in [6.45, 7) is 3.57. The van der Waals surface area contributed by atoms with Crippen LogP contribution in [0, 0.1) is 0 Å². The molecule has 1 aliphatic heterocycles. The van der Waals surface area contributed by atoms with Gasteiger partial charge in [-0.1, -0.05) is 42.9 Å². The molecule has 0 bridgehead atoms. The lowest BCUT2D eigenvalue weighted by Crippen LogP contribution is -2.46. The van der Waals surface area contributed by atoms with Crippen molar-refractivity contribution in [2.24, 2.45) is 0 Å². The first-order chi connectivity index (χ1) is 16.5. The average Bonchev–Trinajstić information content (AvgIpc) is 3.35. The monoisotopic (exact) mass is 490 g/mol. The Morgan fingerprint density at radius 1 is 1.21 bits per heavy atom. The summed E-state index contributed by atoms with van der Waals surface area (Å²) in [5.74, 6) is 0.785. The van der Waals surface area contributed by atoms with E-state index in [-0.39, 0.29) is 24.4 Å². The van der Waals surface area contributed by atoms with Crippen molar-refractivity contribution in [2.45, 2.75) is 64.3 Å². The molecule has 1 atom stereocenters. The maximum atomic E-state index is 13.3. The van der Waals surface area contributed by atoms with Gasteiger partial charge < -0.3 is 19.1 Å². The minimum absolute atomic E-state index is 0.00197. The van der Waals surface area contributed by atoms with Crippen molar-refractivity contribution in [2.75, 3.05) is 33.4 Å². The highest BCUT2D eigenvalue weighted by molar-refractivity contribution is 6.30. The zero-order chi connectivity index (χ0) is 24.3. The maximum absolute atomic E-state index is 13.3. The van der Waals surface area contributed by atoms with Gasteiger partial charge in [-0.25, -0.2) is 0 Å². The summed E-state index contributed by atoms with van der Waals surface area (Å²) in [5, 5.41) is 4.75.